The van der Waals surface area contributed by atoms with Crippen LogP contribution in [0.3, 0.4) is 0 Å². The number of aliphatic hydroxyl groups excluding tert-OH is 1. The van der Waals surface area contributed by atoms with Gasteiger partial charge in [0.2, 0.25) is 0 Å². The van der Waals surface area contributed by atoms with Crippen LogP contribution < -0.4 is 5.32 Å². The Morgan fingerprint density at radius 1 is 1.50 bits per heavy atom. The van der Waals surface area contributed by atoms with Crippen molar-refractivity contribution in [2.24, 2.45) is 0 Å². The first-order chi connectivity index (χ1) is 6.49. The molecule has 0 aliphatic carbocycles. The molecule has 0 amide bonds. The average Bonchev–Trinajstić information content (AvgIpc) is 2.18. The minimum absolute atomic E-state index is 0.151. The Hall–Kier alpha value is -0.120. The van der Waals surface area contributed by atoms with Crippen LogP contribution in [0.4, 0.5) is 0 Å². The molecule has 3 heteroatoms. The first-order valence-electron chi connectivity index (χ1n) is 5.49. The Balaban J connectivity index is 4.07. The van der Waals surface area contributed by atoms with Gasteiger partial charge in [0.15, 0.2) is 0 Å². The summed E-state index contributed by atoms with van der Waals surface area (Å²) >= 11 is 0. The van der Waals surface area contributed by atoms with E-state index in [1.165, 1.54) is 6.42 Å². The molecule has 2 N–H and O–H groups in total. The molecule has 0 heterocycles. The van der Waals surface area contributed by atoms with Crippen molar-refractivity contribution in [3.63, 3.8) is 0 Å². The zero-order chi connectivity index (χ0) is 11.2. The van der Waals surface area contributed by atoms with Gasteiger partial charge in [0.1, 0.15) is 0 Å². The average molecular weight is 202 g/mol. The van der Waals surface area contributed by atoms with Crippen LogP contribution in [0.25, 0.3) is 0 Å². The highest BCUT2D eigenvalue weighted by atomic mass is 16.3. The van der Waals surface area contributed by atoms with Crippen LogP contribution in [0.1, 0.15) is 33.6 Å². The fraction of sp³-hybridized carbons (Fsp3) is 1.00. The van der Waals surface area contributed by atoms with Gasteiger partial charge in [-0.1, -0.05) is 6.92 Å². The van der Waals surface area contributed by atoms with Crippen LogP contribution in [0.5, 0.6) is 0 Å². The second kappa shape index (κ2) is 6.38. The van der Waals surface area contributed by atoms with Crippen LogP contribution in [-0.4, -0.2) is 48.8 Å². The molecule has 0 aromatic heterocycles. The summed E-state index contributed by atoms with van der Waals surface area (Å²) in [6.45, 7) is 7.76. The van der Waals surface area contributed by atoms with Crippen molar-refractivity contribution in [2.45, 2.75) is 45.2 Å². The summed E-state index contributed by atoms with van der Waals surface area (Å²) in [5, 5.41) is 12.4. The van der Waals surface area contributed by atoms with Gasteiger partial charge in [-0.15, -0.1) is 0 Å². The SMILES string of the molecule is CCCN(C)C(C)CC(C)(CO)NC. The lowest BCUT2D eigenvalue weighted by Gasteiger charge is -2.34. The molecule has 0 saturated heterocycles. The van der Waals surface area contributed by atoms with E-state index in [1.54, 1.807) is 0 Å². The summed E-state index contributed by atoms with van der Waals surface area (Å²) < 4.78 is 0. The van der Waals surface area contributed by atoms with Crippen molar-refractivity contribution in [3.8, 4) is 0 Å². The van der Waals surface area contributed by atoms with Gasteiger partial charge in [-0.25, -0.2) is 0 Å². The lowest BCUT2D eigenvalue weighted by atomic mass is 9.94. The summed E-state index contributed by atoms with van der Waals surface area (Å²) in [7, 11) is 4.05. The molecular formula is C11H26N2O. The van der Waals surface area contributed by atoms with E-state index in [0.717, 1.165) is 13.0 Å². The van der Waals surface area contributed by atoms with Crippen LogP contribution in [-0.2, 0) is 0 Å². The van der Waals surface area contributed by atoms with Crippen molar-refractivity contribution in [1.82, 2.24) is 10.2 Å². The molecule has 3 nitrogen and oxygen atoms in total. The van der Waals surface area contributed by atoms with Gasteiger partial charge < -0.3 is 15.3 Å². The van der Waals surface area contributed by atoms with E-state index in [-0.39, 0.29) is 12.1 Å². The summed E-state index contributed by atoms with van der Waals surface area (Å²) in [5.41, 5.74) is -0.151. The number of hydrogen-bond acceptors (Lipinski definition) is 3. The fourth-order valence-corrected chi connectivity index (χ4v) is 1.63. The van der Waals surface area contributed by atoms with E-state index in [2.05, 4.69) is 38.0 Å². The van der Waals surface area contributed by atoms with Crippen LogP contribution >= 0.6 is 0 Å². The fourth-order valence-electron chi connectivity index (χ4n) is 1.63. The smallest absolute Gasteiger partial charge is 0.0611 e. The van der Waals surface area contributed by atoms with Crippen molar-refractivity contribution in [1.29, 1.82) is 0 Å². The van der Waals surface area contributed by atoms with E-state index >= 15 is 0 Å². The first kappa shape index (κ1) is 13.9. The maximum Gasteiger partial charge on any atom is 0.0611 e. The second-order valence-corrected chi connectivity index (χ2v) is 4.50. The molecule has 2 atom stereocenters. The standard InChI is InChI=1S/C11H26N2O/c1-6-7-13(5)10(2)8-11(3,9-14)12-4/h10,12,14H,6-9H2,1-5H3. The van der Waals surface area contributed by atoms with Crippen LogP contribution in [0, 0.1) is 0 Å². The van der Waals surface area contributed by atoms with Gasteiger partial charge in [-0.3, -0.25) is 0 Å². The highest BCUT2D eigenvalue weighted by Gasteiger charge is 2.25. The van der Waals surface area contributed by atoms with Gasteiger partial charge in [0, 0.05) is 11.6 Å². The predicted octanol–water partition coefficient (Wildman–Crippen LogP) is 1.08. The summed E-state index contributed by atoms with van der Waals surface area (Å²) in [6.07, 6.45) is 2.15. The minimum atomic E-state index is -0.151. The third-order valence-electron chi connectivity index (χ3n) is 3.03. The zero-order valence-corrected chi connectivity index (χ0v) is 10.3. The molecule has 0 rings (SSSR count). The lowest BCUT2D eigenvalue weighted by Crippen LogP contribution is -2.48. The Morgan fingerprint density at radius 2 is 2.07 bits per heavy atom. The number of nitrogens with zero attached hydrogens (tertiary/aromatic N) is 1. The van der Waals surface area contributed by atoms with Gasteiger partial charge >= 0.3 is 0 Å². The van der Waals surface area contributed by atoms with E-state index in [1.807, 2.05) is 7.05 Å². The first-order valence-corrected chi connectivity index (χ1v) is 5.49. The predicted molar refractivity (Wildman–Crippen MR) is 61.6 cm³/mol. The van der Waals surface area contributed by atoms with E-state index in [9.17, 15) is 5.11 Å². The van der Waals surface area contributed by atoms with E-state index in [0.29, 0.717) is 6.04 Å². The molecule has 0 aliphatic rings. The number of hydrogen-bond donors (Lipinski definition) is 2. The maximum absolute atomic E-state index is 9.26. The zero-order valence-electron chi connectivity index (χ0n) is 10.3. The molecule has 0 bridgehead atoms. The highest BCUT2D eigenvalue weighted by molar-refractivity contribution is 4.85. The molecule has 0 spiro atoms. The molecule has 0 fully saturated rings. The van der Waals surface area contributed by atoms with Gasteiger partial charge in [-0.05, 0) is 47.3 Å². The van der Waals surface area contributed by atoms with Crippen molar-refractivity contribution >= 4 is 0 Å². The number of likely N-dealkylation sites (N-methyl/N-ethyl adjacent to an activating group) is 1. The second-order valence-electron chi connectivity index (χ2n) is 4.50. The number of aliphatic hydroxyl groups is 1. The summed E-state index contributed by atoms with van der Waals surface area (Å²) in [4.78, 5) is 2.34. The highest BCUT2D eigenvalue weighted by Crippen LogP contribution is 2.14. The van der Waals surface area contributed by atoms with Crippen LogP contribution in [0.15, 0.2) is 0 Å². The third kappa shape index (κ3) is 4.40. The normalized spacial score (nSPS) is 18.2. The number of nitrogens with one attached hydrogen (secondary N) is 1. The quantitative estimate of drug-likeness (QED) is 0.648. The minimum Gasteiger partial charge on any atom is -0.394 e. The van der Waals surface area contributed by atoms with Crippen molar-refractivity contribution < 1.29 is 5.11 Å². The van der Waals surface area contributed by atoms with Gasteiger partial charge in [0.05, 0.1) is 6.61 Å². The molecular weight excluding hydrogens is 176 g/mol. The van der Waals surface area contributed by atoms with E-state index in [4.69, 9.17) is 0 Å². The van der Waals surface area contributed by atoms with E-state index < -0.39 is 0 Å². The number of rotatable bonds is 7. The molecule has 0 saturated carbocycles. The molecule has 14 heavy (non-hydrogen) atoms. The Kier molecular flexibility index (Phi) is 6.33. The molecule has 0 aromatic carbocycles. The van der Waals surface area contributed by atoms with Crippen LogP contribution in [0.2, 0.25) is 0 Å². The third-order valence-corrected chi connectivity index (χ3v) is 3.03. The van der Waals surface area contributed by atoms with Crippen molar-refractivity contribution in [2.75, 3.05) is 27.2 Å². The molecule has 86 valence electrons. The monoisotopic (exact) mass is 202 g/mol. The molecule has 2 unspecified atom stereocenters. The summed E-state index contributed by atoms with van der Waals surface area (Å²) in [6, 6.07) is 0.500. The Labute approximate surface area is 88.5 Å². The van der Waals surface area contributed by atoms with Gasteiger partial charge in [-0.2, -0.15) is 0 Å². The molecule has 0 aromatic rings. The topological polar surface area (TPSA) is 35.5 Å². The maximum atomic E-state index is 9.26. The largest absolute Gasteiger partial charge is 0.394 e. The molecule has 0 radical (unpaired) electrons. The lowest BCUT2D eigenvalue weighted by molar-refractivity contribution is 0.132. The van der Waals surface area contributed by atoms with Gasteiger partial charge in [0.25, 0.3) is 0 Å². The summed E-state index contributed by atoms with van der Waals surface area (Å²) in [5.74, 6) is 0. The van der Waals surface area contributed by atoms with Crippen molar-refractivity contribution in [3.05, 3.63) is 0 Å². The Bertz CT molecular complexity index is 146. The Morgan fingerprint density at radius 3 is 2.43 bits per heavy atom. The molecule has 0 aliphatic heterocycles.